The van der Waals surface area contributed by atoms with Gasteiger partial charge in [-0.05, 0) is 50.5 Å². The van der Waals surface area contributed by atoms with Crippen LogP contribution in [-0.2, 0) is 4.79 Å². The van der Waals surface area contributed by atoms with E-state index < -0.39 is 12.0 Å². The molecule has 1 saturated heterocycles. The summed E-state index contributed by atoms with van der Waals surface area (Å²) in [5.41, 5.74) is 3.17. The number of benzene rings is 1. The molecule has 7 nitrogen and oxygen atoms in total. The van der Waals surface area contributed by atoms with Crippen molar-refractivity contribution < 1.29 is 19.5 Å². The lowest BCUT2D eigenvalue weighted by Crippen LogP contribution is -2.50. The van der Waals surface area contributed by atoms with Crippen LogP contribution in [0.2, 0.25) is 0 Å². The van der Waals surface area contributed by atoms with Crippen molar-refractivity contribution in [2.24, 2.45) is 0 Å². The molecule has 1 aliphatic heterocycles. The number of carbonyl (C=O) groups is 3. The summed E-state index contributed by atoms with van der Waals surface area (Å²) in [5.74, 6) is -1.45. The number of pyridine rings is 1. The summed E-state index contributed by atoms with van der Waals surface area (Å²) in [7, 11) is 0. The van der Waals surface area contributed by atoms with Gasteiger partial charge in [0.2, 0.25) is 5.91 Å². The molecule has 0 spiro atoms. The van der Waals surface area contributed by atoms with E-state index in [1.54, 1.807) is 44.2 Å². The molecule has 1 atom stereocenters. The zero-order valence-electron chi connectivity index (χ0n) is 15.2. The molecule has 2 heterocycles. The highest BCUT2D eigenvalue weighted by Crippen LogP contribution is 2.23. The van der Waals surface area contributed by atoms with E-state index in [0.29, 0.717) is 35.5 Å². The number of hydrogen-bond donors (Lipinski definition) is 3. The molecule has 0 bridgehead atoms. The van der Waals surface area contributed by atoms with E-state index in [0.717, 1.165) is 12.0 Å². The summed E-state index contributed by atoms with van der Waals surface area (Å²) in [4.78, 5) is 39.8. The Kier molecular flexibility index (Phi) is 5.21. The number of piperidine rings is 1. The molecule has 1 aliphatic rings. The molecule has 0 saturated carbocycles. The fraction of sp³-hybridized carbons (Fsp3) is 0.300. The fourth-order valence-corrected chi connectivity index (χ4v) is 3.25. The van der Waals surface area contributed by atoms with Crippen LogP contribution >= 0.6 is 0 Å². The van der Waals surface area contributed by atoms with Crippen molar-refractivity contribution in [2.75, 3.05) is 6.54 Å². The Labute approximate surface area is 156 Å². The number of hydrogen-bond acceptors (Lipinski definition) is 4. The summed E-state index contributed by atoms with van der Waals surface area (Å²) in [5, 5.41) is 14.7. The lowest BCUT2D eigenvalue weighted by Gasteiger charge is -2.22. The first-order valence-corrected chi connectivity index (χ1v) is 8.77. The Morgan fingerprint density at radius 2 is 1.93 bits per heavy atom. The number of amides is 2. The molecule has 0 radical (unpaired) electrons. The van der Waals surface area contributed by atoms with Gasteiger partial charge in [-0.1, -0.05) is 12.1 Å². The molecular weight excluding hydrogens is 346 g/mol. The topological polar surface area (TPSA) is 108 Å². The van der Waals surface area contributed by atoms with Gasteiger partial charge in [-0.2, -0.15) is 0 Å². The first-order valence-electron chi connectivity index (χ1n) is 8.77. The van der Waals surface area contributed by atoms with Crippen LogP contribution in [0.1, 0.15) is 44.8 Å². The molecule has 3 rings (SSSR count). The number of aryl methyl sites for hydroxylation is 2. The van der Waals surface area contributed by atoms with Crippen LogP contribution in [-0.4, -0.2) is 40.5 Å². The van der Waals surface area contributed by atoms with Crippen molar-refractivity contribution in [3.05, 3.63) is 52.7 Å². The Hall–Kier alpha value is -3.22. The maximum absolute atomic E-state index is 12.4. The highest BCUT2D eigenvalue weighted by atomic mass is 16.4. The molecule has 0 aliphatic carbocycles. The zero-order valence-corrected chi connectivity index (χ0v) is 15.2. The van der Waals surface area contributed by atoms with Gasteiger partial charge < -0.3 is 15.7 Å². The van der Waals surface area contributed by atoms with Crippen molar-refractivity contribution in [2.45, 2.75) is 32.7 Å². The van der Waals surface area contributed by atoms with Crippen LogP contribution in [0.5, 0.6) is 0 Å². The normalized spacial score (nSPS) is 16.5. The summed E-state index contributed by atoms with van der Waals surface area (Å²) < 4.78 is 0. The average Bonchev–Trinajstić information content (AvgIpc) is 2.63. The first kappa shape index (κ1) is 18.6. The number of aromatic carboxylic acids is 1. The molecule has 7 heteroatoms. The van der Waals surface area contributed by atoms with Gasteiger partial charge in [0.1, 0.15) is 6.04 Å². The van der Waals surface area contributed by atoms with Gasteiger partial charge in [0.25, 0.3) is 5.91 Å². The Balaban J connectivity index is 1.78. The van der Waals surface area contributed by atoms with Gasteiger partial charge in [0.05, 0.1) is 17.0 Å². The van der Waals surface area contributed by atoms with Gasteiger partial charge in [0.15, 0.2) is 0 Å². The van der Waals surface area contributed by atoms with E-state index >= 15 is 0 Å². The molecule has 140 valence electrons. The second-order valence-corrected chi connectivity index (χ2v) is 6.63. The van der Waals surface area contributed by atoms with E-state index in [1.165, 1.54) is 0 Å². The molecule has 0 unspecified atom stereocenters. The van der Waals surface area contributed by atoms with Crippen LogP contribution in [0.25, 0.3) is 11.3 Å². The van der Waals surface area contributed by atoms with Gasteiger partial charge in [-0.25, -0.2) is 4.79 Å². The molecular formula is C20H21N3O4. The smallest absolute Gasteiger partial charge is 0.337 e. The van der Waals surface area contributed by atoms with Gasteiger partial charge in [-0.3, -0.25) is 14.6 Å². The van der Waals surface area contributed by atoms with Crippen LogP contribution in [0, 0.1) is 13.8 Å². The lowest BCUT2D eigenvalue weighted by atomic mass is 10.0. The predicted molar refractivity (Wildman–Crippen MR) is 99.6 cm³/mol. The molecule has 1 aromatic carbocycles. The summed E-state index contributed by atoms with van der Waals surface area (Å²) in [6.07, 6.45) is 1.47. The predicted octanol–water partition coefficient (Wildman–Crippen LogP) is 2.07. The number of nitrogens with zero attached hydrogens (tertiary/aromatic N) is 1. The van der Waals surface area contributed by atoms with E-state index in [4.69, 9.17) is 0 Å². The second-order valence-electron chi connectivity index (χ2n) is 6.63. The number of carboxylic acid groups (broad SMARTS) is 1. The molecule has 2 aromatic rings. The maximum Gasteiger partial charge on any atom is 0.337 e. The first-order chi connectivity index (χ1) is 12.9. The standard InChI is InChI=1S/C20H21N3O4/c1-11-10-16(22-12(2)17(11)20(26)27)13-5-7-14(8-6-13)18(24)23-15-4-3-9-21-19(15)25/h5-8,10,15H,3-4,9H2,1-2H3,(H,21,25)(H,23,24)(H,26,27)/t15-/m0/s1. The Morgan fingerprint density at radius 3 is 2.52 bits per heavy atom. The Bertz CT molecular complexity index is 883. The summed E-state index contributed by atoms with van der Waals surface area (Å²) in [6, 6.07) is 8.08. The van der Waals surface area contributed by atoms with E-state index in [2.05, 4.69) is 15.6 Å². The van der Waals surface area contributed by atoms with Crippen LogP contribution < -0.4 is 10.6 Å². The largest absolute Gasteiger partial charge is 0.478 e. The molecule has 2 amide bonds. The third-order valence-electron chi connectivity index (χ3n) is 4.64. The number of carbonyl (C=O) groups excluding carboxylic acids is 2. The second kappa shape index (κ2) is 7.57. The third kappa shape index (κ3) is 3.97. The average molecular weight is 367 g/mol. The van der Waals surface area contributed by atoms with Gasteiger partial charge >= 0.3 is 5.97 Å². The molecule has 3 N–H and O–H groups in total. The summed E-state index contributed by atoms with van der Waals surface area (Å²) >= 11 is 0. The summed E-state index contributed by atoms with van der Waals surface area (Å²) in [6.45, 7) is 4.04. The number of carboxylic acids is 1. The number of aromatic nitrogens is 1. The third-order valence-corrected chi connectivity index (χ3v) is 4.64. The monoisotopic (exact) mass is 367 g/mol. The van der Waals surface area contributed by atoms with Gasteiger partial charge in [-0.15, -0.1) is 0 Å². The van der Waals surface area contributed by atoms with Crippen LogP contribution in [0.15, 0.2) is 30.3 Å². The van der Waals surface area contributed by atoms with E-state index in [1.807, 2.05) is 0 Å². The van der Waals surface area contributed by atoms with E-state index in [-0.39, 0.29) is 17.4 Å². The molecule has 1 fully saturated rings. The maximum atomic E-state index is 12.4. The fourth-order valence-electron chi connectivity index (χ4n) is 3.25. The van der Waals surface area contributed by atoms with Crippen LogP contribution in [0.3, 0.4) is 0 Å². The quantitative estimate of drug-likeness (QED) is 0.767. The SMILES string of the molecule is Cc1cc(-c2ccc(C(=O)N[C@H]3CCCNC3=O)cc2)nc(C)c1C(=O)O. The highest BCUT2D eigenvalue weighted by Gasteiger charge is 2.24. The van der Waals surface area contributed by atoms with Crippen LogP contribution in [0.4, 0.5) is 0 Å². The minimum Gasteiger partial charge on any atom is -0.478 e. The van der Waals surface area contributed by atoms with Crippen molar-refractivity contribution in [3.63, 3.8) is 0 Å². The Morgan fingerprint density at radius 1 is 1.22 bits per heavy atom. The van der Waals surface area contributed by atoms with Crippen molar-refractivity contribution in [1.29, 1.82) is 0 Å². The number of rotatable bonds is 4. The zero-order chi connectivity index (χ0) is 19.6. The van der Waals surface area contributed by atoms with Gasteiger partial charge in [0, 0.05) is 17.7 Å². The van der Waals surface area contributed by atoms with Crippen molar-refractivity contribution in [3.8, 4) is 11.3 Å². The lowest BCUT2D eigenvalue weighted by molar-refractivity contribution is -0.124. The van der Waals surface area contributed by atoms with Crippen molar-refractivity contribution in [1.82, 2.24) is 15.6 Å². The number of nitrogens with one attached hydrogen (secondary N) is 2. The minimum absolute atomic E-state index is 0.153. The highest BCUT2D eigenvalue weighted by molar-refractivity contribution is 5.98. The van der Waals surface area contributed by atoms with E-state index in [9.17, 15) is 19.5 Å². The minimum atomic E-state index is -0.997. The van der Waals surface area contributed by atoms with Crippen molar-refractivity contribution >= 4 is 17.8 Å². The molecule has 27 heavy (non-hydrogen) atoms. The molecule has 1 aromatic heterocycles.